The fourth-order valence-corrected chi connectivity index (χ4v) is 3.24. The summed E-state index contributed by atoms with van der Waals surface area (Å²) in [7, 11) is 0. The summed E-state index contributed by atoms with van der Waals surface area (Å²) in [6.45, 7) is 6.39. The minimum atomic E-state index is -0.0686. The molecular formula is C17H24N2O2. The predicted octanol–water partition coefficient (Wildman–Crippen LogP) is 2.90. The summed E-state index contributed by atoms with van der Waals surface area (Å²) in [6.07, 6.45) is 2.24. The maximum Gasteiger partial charge on any atom is 0.134 e. The molecule has 2 heterocycles. The van der Waals surface area contributed by atoms with Crippen molar-refractivity contribution >= 4 is 11.0 Å². The fourth-order valence-electron chi connectivity index (χ4n) is 3.24. The Hall–Kier alpha value is -1.36. The molecule has 4 nitrogen and oxygen atoms in total. The van der Waals surface area contributed by atoms with Crippen LogP contribution in [0.4, 0.5) is 0 Å². The highest BCUT2D eigenvalue weighted by molar-refractivity contribution is 5.82. The Morgan fingerprint density at radius 2 is 2.19 bits per heavy atom. The lowest BCUT2D eigenvalue weighted by atomic mass is 9.99. The number of ether oxygens (including phenoxy) is 1. The number of nitrogens with two attached hydrogens (primary N) is 1. The first-order chi connectivity index (χ1) is 10.1. The third-order valence-electron chi connectivity index (χ3n) is 4.43. The second kappa shape index (κ2) is 5.79. The first kappa shape index (κ1) is 14.6. The molecular weight excluding hydrogens is 264 g/mol. The fraction of sp³-hybridized carbons (Fsp3) is 0.529. The summed E-state index contributed by atoms with van der Waals surface area (Å²) in [5, 5.41) is 4.73. The van der Waals surface area contributed by atoms with Crippen molar-refractivity contribution < 1.29 is 9.15 Å². The van der Waals surface area contributed by atoms with Gasteiger partial charge in [-0.3, -0.25) is 0 Å². The lowest BCUT2D eigenvalue weighted by Crippen LogP contribution is -2.41. The van der Waals surface area contributed by atoms with Crippen molar-refractivity contribution in [3.63, 3.8) is 0 Å². The number of para-hydroxylation sites is 1. The largest absolute Gasteiger partial charge is 0.461 e. The second-order valence-corrected chi connectivity index (χ2v) is 6.14. The van der Waals surface area contributed by atoms with E-state index in [1.807, 2.05) is 25.1 Å². The van der Waals surface area contributed by atoms with Crippen LogP contribution in [0.25, 0.3) is 11.0 Å². The van der Waals surface area contributed by atoms with E-state index >= 15 is 0 Å². The number of aryl methyl sites for hydroxylation is 1. The molecule has 0 radical (unpaired) electrons. The number of fused-ring (bicyclic) bond motifs is 1. The molecule has 0 aliphatic carbocycles. The molecule has 0 saturated carbocycles. The van der Waals surface area contributed by atoms with E-state index in [0.717, 1.165) is 42.7 Å². The SMILES string of the molecule is Cc1oc2ccccc2c1C(CN)NCC1(C)CCCO1. The molecule has 21 heavy (non-hydrogen) atoms. The zero-order valence-electron chi connectivity index (χ0n) is 12.8. The molecule has 2 aromatic rings. The molecule has 2 unspecified atom stereocenters. The first-order valence-corrected chi connectivity index (χ1v) is 7.68. The van der Waals surface area contributed by atoms with Gasteiger partial charge in [-0.25, -0.2) is 0 Å². The van der Waals surface area contributed by atoms with Gasteiger partial charge in [-0.05, 0) is 32.8 Å². The van der Waals surface area contributed by atoms with Gasteiger partial charge in [0.05, 0.1) is 5.60 Å². The van der Waals surface area contributed by atoms with Crippen molar-refractivity contribution in [1.82, 2.24) is 5.32 Å². The lowest BCUT2D eigenvalue weighted by molar-refractivity contribution is 0.0189. The number of benzene rings is 1. The van der Waals surface area contributed by atoms with E-state index in [-0.39, 0.29) is 11.6 Å². The smallest absolute Gasteiger partial charge is 0.134 e. The molecule has 1 saturated heterocycles. The molecule has 1 aliphatic heterocycles. The monoisotopic (exact) mass is 288 g/mol. The van der Waals surface area contributed by atoms with Crippen molar-refractivity contribution in [1.29, 1.82) is 0 Å². The predicted molar refractivity (Wildman–Crippen MR) is 84.3 cm³/mol. The van der Waals surface area contributed by atoms with Gasteiger partial charge in [-0.1, -0.05) is 18.2 Å². The average Bonchev–Trinajstić information content (AvgIpc) is 3.04. The molecule has 3 rings (SSSR count). The molecule has 1 aliphatic rings. The van der Waals surface area contributed by atoms with Gasteiger partial charge in [0.15, 0.2) is 0 Å². The number of rotatable bonds is 5. The summed E-state index contributed by atoms with van der Waals surface area (Å²) in [4.78, 5) is 0. The van der Waals surface area contributed by atoms with E-state index in [1.54, 1.807) is 0 Å². The Bertz CT molecular complexity index is 614. The average molecular weight is 288 g/mol. The van der Waals surface area contributed by atoms with E-state index in [2.05, 4.69) is 18.3 Å². The Balaban J connectivity index is 1.83. The zero-order valence-corrected chi connectivity index (χ0v) is 12.8. The van der Waals surface area contributed by atoms with Crippen LogP contribution in [0.3, 0.4) is 0 Å². The van der Waals surface area contributed by atoms with E-state index in [0.29, 0.717) is 6.54 Å². The molecule has 0 amide bonds. The van der Waals surface area contributed by atoms with Gasteiger partial charge in [0, 0.05) is 36.7 Å². The molecule has 0 bridgehead atoms. The topological polar surface area (TPSA) is 60.4 Å². The Morgan fingerprint density at radius 1 is 1.38 bits per heavy atom. The standard InChI is InChI=1S/C17H24N2O2/c1-12-16(13-6-3-4-7-15(13)21-12)14(10-18)19-11-17(2)8-5-9-20-17/h3-4,6-7,14,19H,5,8-11,18H2,1-2H3. The van der Waals surface area contributed by atoms with Gasteiger partial charge in [-0.2, -0.15) is 0 Å². The summed E-state index contributed by atoms with van der Waals surface area (Å²) >= 11 is 0. The molecule has 1 fully saturated rings. The first-order valence-electron chi connectivity index (χ1n) is 7.68. The van der Waals surface area contributed by atoms with Gasteiger partial charge in [0.2, 0.25) is 0 Å². The third kappa shape index (κ3) is 2.84. The Morgan fingerprint density at radius 3 is 2.90 bits per heavy atom. The van der Waals surface area contributed by atoms with Crippen LogP contribution in [0, 0.1) is 6.92 Å². The van der Waals surface area contributed by atoms with E-state index in [1.165, 1.54) is 5.56 Å². The minimum Gasteiger partial charge on any atom is -0.461 e. The van der Waals surface area contributed by atoms with Crippen LogP contribution in [-0.4, -0.2) is 25.3 Å². The van der Waals surface area contributed by atoms with Crippen LogP contribution >= 0.6 is 0 Å². The molecule has 0 spiro atoms. The van der Waals surface area contributed by atoms with E-state index < -0.39 is 0 Å². The van der Waals surface area contributed by atoms with Crippen LogP contribution in [0.5, 0.6) is 0 Å². The minimum absolute atomic E-state index is 0.0686. The Labute approximate surface area is 125 Å². The van der Waals surface area contributed by atoms with Crippen LogP contribution in [-0.2, 0) is 4.74 Å². The number of furan rings is 1. The number of hydrogen-bond donors (Lipinski definition) is 2. The lowest BCUT2D eigenvalue weighted by Gasteiger charge is -2.27. The van der Waals surface area contributed by atoms with Crippen LogP contribution in [0.1, 0.15) is 37.1 Å². The summed E-state index contributed by atoms with van der Waals surface area (Å²) < 4.78 is 11.7. The van der Waals surface area contributed by atoms with E-state index in [9.17, 15) is 0 Å². The highest BCUT2D eigenvalue weighted by Gasteiger charge is 2.31. The van der Waals surface area contributed by atoms with Crippen LogP contribution < -0.4 is 11.1 Å². The van der Waals surface area contributed by atoms with Crippen molar-refractivity contribution in [3.05, 3.63) is 35.6 Å². The molecule has 114 valence electrons. The molecule has 1 aromatic carbocycles. The van der Waals surface area contributed by atoms with Gasteiger partial charge >= 0.3 is 0 Å². The van der Waals surface area contributed by atoms with Gasteiger partial charge in [0.1, 0.15) is 11.3 Å². The van der Waals surface area contributed by atoms with E-state index in [4.69, 9.17) is 14.9 Å². The molecule has 3 N–H and O–H groups in total. The summed E-state index contributed by atoms with van der Waals surface area (Å²) in [5.41, 5.74) is 8.04. The van der Waals surface area contributed by atoms with Crippen LogP contribution in [0.15, 0.2) is 28.7 Å². The highest BCUT2D eigenvalue weighted by Crippen LogP contribution is 2.31. The van der Waals surface area contributed by atoms with Crippen molar-refractivity contribution in [2.24, 2.45) is 5.73 Å². The molecule has 1 aromatic heterocycles. The maximum absolute atomic E-state index is 6.01. The summed E-state index contributed by atoms with van der Waals surface area (Å²) in [6, 6.07) is 8.22. The van der Waals surface area contributed by atoms with Crippen molar-refractivity contribution in [2.75, 3.05) is 19.7 Å². The van der Waals surface area contributed by atoms with Gasteiger partial charge < -0.3 is 20.2 Å². The molecule has 4 heteroatoms. The zero-order chi connectivity index (χ0) is 14.9. The highest BCUT2D eigenvalue weighted by atomic mass is 16.5. The molecule has 2 atom stereocenters. The van der Waals surface area contributed by atoms with Crippen molar-refractivity contribution in [3.8, 4) is 0 Å². The number of hydrogen-bond acceptors (Lipinski definition) is 4. The second-order valence-electron chi connectivity index (χ2n) is 6.14. The Kier molecular flexibility index (Phi) is 4.02. The van der Waals surface area contributed by atoms with Gasteiger partial charge in [-0.15, -0.1) is 0 Å². The van der Waals surface area contributed by atoms with Crippen molar-refractivity contribution in [2.45, 2.75) is 38.3 Å². The quantitative estimate of drug-likeness (QED) is 0.888. The summed E-state index contributed by atoms with van der Waals surface area (Å²) in [5.74, 6) is 0.941. The maximum atomic E-state index is 6.01. The third-order valence-corrected chi connectivity index (χ3v) is 4.43. The number of nitrogens with one attached hydrogen (secondary N) is 1. The van der Waals surface area contributed by atoms with Crippen LogP contribution in [0.2, 0.25) is 0 Å². The van der Waals surface area contributed by atoms with Gasteiger partial charge in [0.25, 0.3) is 0 Å². The normalized spacial score (nSPS) is 23.8.